The van der Waals surface area contributed by atoms with Gasteiger partial charge in [0.1, 0.15) is 5.82 Å². The predicted molar refractivity (Wildman–Crippen MR) is 89.9 cm³/mol. The first-order chi connectivity index (χ1) is 11.2. The van der Waals surface area contributed by atoms with Crippen LogP contribution in [0.2, 0.25) is 0 Å². The minimum absolute atomic E-state index is 0.204. The van der Waals surface area contributed by atoms with Crippen LogP contribution in [0.3, 0.4) is 0 Å². The number of aromatic amines is 1. The molecule has 0 aliphatic carbocycles. The van der Waals surface area contributed by atoms with E-state index in [2.05, 4.69) is 51.6 Å². The van der Waals surface area contributed by atoms with Gasteiger partial charge in [0, 0.05) is 24.9 Å². The molecule has 0 aliphatic heterocycles. The summed E-state index contributed by atoms with van der Waals surface area (Å²) in [5.74, 6) is 1.19. The molecule has 1 aromatic carbocycles. The van der Waals surface area contributed by atoms with Crippen LogP contribution in [0, 0.1) is 6.92 Å². The first kappa shape index (κ1) is 15.0. The first-order valence-electron chi connectivity index (χ1n) is 7.60. The van der Waals surface area contributed by atoms with Crippen LogP contribution in [0.4, 0.5) is 5.82 Å². The van der Waals surface area contributed by atoms with Crippen LogP contribution < -0.4 is 10.9 Å². The Labute approximate surface area is 134 Å². The van der Waals surface area contributed by atoms with Crippen molar-refractivity contribution in [2.75, 3.05) is 5.32 Å². The molecule has 0 unspecified atom stereocenters. The molecule has 23 heavy (non-hydrogen) atoms. The van der Waals surface area contributed by atoms with Gasteiger partial charge in [-0.05, 0) is 24.5 Å². The van der Waals surface area contributed by atoms with Crippen LogP contribution >= 0.6 is 0 Å². The maximum atomic E-state index is 11.5. The molecule has 3 aromatic rings. The second-order valence-electron chi connectivity index (χ2n) is 5.36. The number of nitrogens with zero attached hydrogens (tertiary/aromatic N) is 3. The third-order valence-electron chi connectivity index (χ3n) is 3.59. The van der Waals surface area contributed by atoms with Crippen molar-refractivity contribution in [1.29, 1.82) is 0 Å². The summed E-state index contributed by atoms with van der Waals surface area (Å²) in [5, 5.41) is 7.73. The highest BCUT2D eigenvalue weighted by Crippen LogP contribution is 2.15. The Bertz CT molecular complexity index is 848. The summed E-state index contributed by atoms with van der Waals surface area (Å²) < 4.78 is 1.61. The van der Waals surface area contributed by atoms with E-state index in [1.54, 1.807) is 4.68 Å². The second-order valence-corrected chi connectivity index (χ2v) is 5.36. The molecule has 2 heterocycles. The van der Waals surface area contributed by atoms with Gasteiger partial charge in [-0.25, -0.2) is 4.98 Å². The molecule has 0 bridgehead atoms. The molecule has 0 atom stereocenters. The normalized spacial score (nSPS) is 10.7. The summed E-state index contributed by atoms with van der Waals surface area (Å²) in [7, 11) is 0. The Kier molecular flexibility index (Phi) is 4.23. The van der Waals surface area contributed by atoms with E-state index in [4.69, 9.17) is 0 Å². The molecule has 0 radical (unpaired) electrons. The Hall–Kier alpha value is -2.89. The number of aromatic nitrogens is 4. The lowest BCUT2D eigenvalue weighted by molar-refractivity contribution is 0.791. The Morgan fingerprint density at radius 2 is 1.91 bits per heavy atom. The Balaban J connectivity index is 1.81. The molecule has 0 saturated heterocycles. The SMILES string of the molecule is CCc1ccc(CNc2cc(C)nn2-c2nccc(=O)[nH]2)cc1. The van der Waals surface area contributed by atoms with Gasteiger partial charge < -0.3 is 5.32 Å². The smallest absolute Gasteiger partial charge is 0.252 e. The van der Waals surface area contributed by atoms with E-state index < -0.39 is 0 Å². The maximum Gasteiger partial charge on any atom is 0.252 e. The van der Waals surface area contributed by atoms with E-state index in [0.29, 0.717) is 12.5 Å². The first-order valence-corrected chi connectivity index (χ1v) is 7.60. The van der Waals surface area contributed by atoms with Crippen molar-refractivity contribution in [1.82, 2.24) is 19.7 Å². The molecule has 2 aromatic heterocycles. The van der Waals surface area contributed by atoms with Crippen LogP contribution in [0.1, 0.15) is 23.7 Å². The third-order valence-corrected chi connectivity index (χ3v) is 3.59. The zero-order chi connectivity index (χ0) is 16.2. The van der Waals surface area contributed by atoms with Gasteiger partial charge in [-0.1, -0.05) is 31.2 Å². The van der Waals surface area contributed by atoms with Crippen LogP contribution in [0.5, 0.6) is 0 Å². The lowest BCUT2D eigenvalue weighted by atomic mass is 10.1. The van der Waals surface area contributed by atoms with Crippen molar-refractivity contribution in [2.24, 2.45) is 0 Å². The van der Waals surface area contributed by atoms with Gasteiger partial charge in [0.2, 0.25) is 5.95 Å². The summed E-state index contributed by atoms with van der Waals surface area (Å²) in [5.41, 5.74) is 3.15. The van der Waals surface area contributed by atoms with Crippen molar-refractivity contribution in [3.8, 4) is 5.95 Å². The number of benzene rings is 1. The number of hydrogen-bond donors (Lipinski definition) is 2. The zero-order valence-electron chi connectivity index (χ0n) is 13.2. The number of rotatable bonds is 5. The number of hydrogen-bond acceptors (Lipinski definition) is 4. The van der Waals surface area contributed by atoms with Crippen molar-refractivity contribution >= 4 is 5.82 Å². The average molecular weight is 309 g/mol. The van der Waals surface area contributed by atoms with E-state index in [0.717, 1.165) is 17.9 Å². The second kappa shape index (κ2) is 6.48. The molecule has 3 rings (SSSR count). The number of nitrogens with one attached hydrogen (secondary N) is 2. The molecule has 0 fully saturated rings. The maximum absolute atomic E-state index is 11.5. The molecule has 0 spiro atoms. The summed E-state index contributed by atoms with van der Waals surface area (Å²) in [6.45, 7) is 4.72. The van der Waals surface area contributed by atoms with Crippen molar-refractivity contribution in [3.63, 3.8) is 0 Å². The highest BCUT2D eigenvalue weighted by Gasteiger charge is 2.09. The molecule has 6 heteroatoms. The van der Waals surface area contributed by atoms with Gasteiger partial charge >= 0.3 is 0 Å². The van der Waals surface area contributed by atoms with Gasteiger partial charge in [-0.2, -0.15) is 9.78 Å². The number of H-pyrrole nitrogens is 1. The molecule has 2 N–H and O–H groups in total. The number of aryl methyl sites for hydroxylation is 2. The number of anilines is 1. The van der Waals surface area contributed by atoms with Crippen molar-refractivity contribution < 1.29 is 0 Å². The van der Waals surface area contributed by atoms with E-state index in [9.17, 15) is 4.79 Å². The lowest BCUT2D eigenvalue weighted by Crippen LogP contribution is -2.14. The minimum atomic E-state index is -0.204. The van der Waals surface area contributed by atoms with Crippen molar-refractivity contribution in [3.05, 3.63) is 69.8 Å². The van der Waals surface area contributed by atoms with E-state index >= 15 is 0 Å². The van der Waals surface area contributed by atoms with Gasteiger partial charge in [-0.3, -0.25) is 9.78 Å². The molecular weight excluding hydrogens is 290 g/mol. The van der Waals surface area contributed by atoms with Crippen LogP contribution in [-0.2, 0) is 13.0 Å². The fourth-order valence-corrected chi connectivity index (χ4v) is 2.34. The highest BCUT2D eigenvalue weighted by molar-refractivity contribution is 5.42. The Morgan fingerprint density at radius 3 is 2.61 bits per heavy atom. The standard InChI is InChI=1S/C17H19N5O/c1-3-13-4-6-14(7-5-13)11-19-15-10-12(2)21-22(15)17-18-9-8-16(23)20-17/h4-10,19H,3,11H2,1-2H3,(H,18,20,23). The summed E-state index contributed by atoms with van der Waals surface area (Å²) in [6.07, 6.45) is 2.51. The Morgan fingerprint density at radius 1 is 1.17 bits per heavy atom. The van der Waals surface area contributed by atoms with E-state index in [1.807, 2.05) is 13.0 Å². The fourth-order valence-electron chi connectivity index (χ4n) is 2.34. The average Bonchev–Trinajstić information content (AvgIpc) is 2.94. The van der Waals surface area contributed by atoms with E-state index in [1.165, 1.54) is 23.4 Å². The van der Waals surface area contributed by atoms with Gasteiger partial charge in [0.25, 0.3) is 5.56 Å². The molecular formula is C17H19N5O. The largest absolute Gasteiger partial charge is 0.366 e. The molecule has 118 valence electrons. The topological polar surface area (TPSA) is 75.6 Å². The lowest BCUT2D eigenvalue weighted by Gasteiger charge is -2.09. The van der Waals surface area contributed by atoms with Crippen LogP contribution in [0.25, 0.3) is 5.95 Å². The molecule has 6 nitrogen and oxygen atoms in total. The van der Waals surface area contributed by atoms with E-state index in [-0.39, 0.29) is 5.56 Å². The third kappa shape index (κ3) is 3.48. The summed E-state index contributed by atoms with van der Waals surface area (Å²) >= 11 is 0. The predicted octanol–water partition coefficient (Wildman–Crippen LogP) is 2.44. The zero-order valence-corrected chi connectivity index (χ0v) is 13.2. The molecule has 0 amide bonds. The van der Waals surface area contributed by atoms with Crippen molar-refractivity contribution in [2.45, 2.75) is 26.8 Å². The monoisotopic (exact) mass is 309 g/mol. The summed E-state index contributed by atoms with van der Waals surface area (Å²) in [6, 6.07) is 11.8. The van der Waals surface area contributed by atoms with Crippen LogP contribution in [0.15, 0.2) is 47.4 Å². The molecule has 0 saturated carbocycles. The highest BCUT2D eigenvalue weighted by atomic mass is 16.1. The fraction of sp³-hybridized carbons (Fsp3) is 0.235. The quantitative estimate of drug-likeness (QED) is 0.759. The summed E-state index contributed by atoms with van der Waals surface area (Å²) in [4.78, 5) is 18.3. The van der Waals surface area contributed by atoms with Gasteiger partial charge in [0.15, 0.2) is 0 Å². The van der Waals surface area contributed by atoms with Crippen LogP contribution in [-0.4, -0.2) is 19.7 Å². The minimum Gasteiger partial charge on any atom is -0.366 e. The van der Waals surface area contributed by atoms with Gasteiger partial charge in [0.05, 0.1) is 5.69 Å². The molecule has 0 aliphatic rings. The van der Waals surface area contributed by atoms with Gasteiger partial charge in [-0.15, -0.1) is 0 Å².